The topological polar surface area (TPSA) is 110 Å². The molecule has 20 heavy (non-hydrogen) atoms. The Kier molecular flexibility index (Phi) is 4.30. The smallest absolute Gasteiger partial charge is 0.277 e. The molecule has 2 rings (SSSR count). The quantitative estimate of drug-likeness (QED) is 0.873. The Bertz CT molecular complexity index is 675. The zero-order valence-electron chi connectivity index (χ0n) is 10.4. The first-order chi connectivity index (χ1) is 9.63. The van der Waals surface area contributed by atoms with Gasteiger partial charge in [-0.05, 0) is 18.2 Å². The molecule has 3 N–H and O–H groups in total. The molecule has 0 radical (unpaired) electrons. The number of carbonyl (C=O) groups excluding carboxylic acids is 1. The van der Waals surface area contributed by atoms with E-state index in [1.165, 1.54) is 16.9 Å². The zero-order chi connectivity index (χ0) is 14.5. The highest BCUT2D eigenvalue weighted by Gasteiger charge is 2.12. The standard InChI is InChI=1S/C12H11ClN6O/c13-9-5-8(6-15)1-2-10(9)16-12(20)11-7-19(4-3-14)18-17-11/h1-2,5,7H,3-4,14H2,(H,16,20). The largest absolute Gasteiger partial charge is 0.329 e. The molecule has 0 aliphatic rings. The number of rotatable bonds is 4. The van der Waals surface area contributed by atoms with Gasteiger partial charge in [-0.2, -0.15) is 5.26 Å². The average molecular weight is 291 g/mol. The van der Waals surface area contributed by atoms with Crippen molar-refractivity contribution in [2.24, 2.45) is 5.73 Å². The van der Waals surface area contributed by atoms with Crippen LogP contribution in [0.5, 0.6) is 0 Å². The van der Waals surface area contributed by atoms with Gasteiger partial charge < -0.3 is 11.1 Å². The second-order valence-electron chi connectivity index (χ2n) is 3.92. The van der Waals surface area contributed by atoms with Crippen LogP contribution in [0.15, 0.2) is 24.4 Å². The van der Waals surface area contributed by atoms with Gasteiger partial charge >= 0.3 is 0 Å². The third-order valence-corrected chi connectivity index (χ3v) is 2.79. The van der Waals surface area contributed by atoms with E-state index >= 15 is 0 Å². The molecule has 0 saturated carbocycles. The fourth-order valence-corrected chi connectivity index (χ4v) is 1.74. The number of nitrogens with one attached hydrogen (secondary N) is 1. The average Bonchev–Trinajstić information content (AvgIpc) is 2.90. The number of hydrogen-bond acceptors (Lipinski definition) is 5. The first-order valence-corrected chi connectivity index (χ1v) is 6.13. The third kappa shape index (κ3) is 3.12. The molecule has 0 fully saturated rings. The van der Waals surface area contributed by atoms with E-state index < -0.39 is 5.91 Å². The molecule has 0 atom stereocenters. The summed E-state index contributed by atoms with van der Waals surface area (Å²) >= 11 is 5.97. The summed E-state index contributed by atoms with van der Waals surface area (Å²) in [7, 11) is 0. The van der Waals surface area contributed by atoms with Crippen LogP contribution in [0.3, 0.4) is 0 Å². The molecular formula is C12H11ClN6O. The molecule has 0 aliphatic heterocycles. The fourth-order valence-electron chi connectivity index (χ4n) is 1.52. The maximum Gasteiger partial charge on any atom is 0.277 e. The normalized spacial score (nSPS) is 10.1. The van der Waals surface area contributed by atoms with E-state index in [0.29, 0.717) is 24.3 Å². The van der Waals surface area contributed by atoms with Crippen LogP contribution in [0.25, 0.3) is 0 Å². The van der Waals surface area contributed by atoms with Gasteiger partial charge in [-0.3, -0.25) is 9.48 Å². The van der Waals surface area contributed by atoms with Gasteiger partial charge in [0, 0.05) is 6.54 Å². The molecule has 0 bridgehead atoms. The highest BCUT2D eigenvalue weighted by molar-refractivity contribution is 6.34. The SMILES string of the molecule is N#Cc1ccc(NC(=O)c2cn(CCN)nn2)c(Cl)c1. The minimum atomic E-state index is -0.431. The fraction of sp³-hybridized carbons (Fsp3) is 0.167. The second-order valence-corrected chi connectivity index (χ2v) is 4.32. The lowest BCUT2D eigenvalue weighted by molar-refractivity contribution is 0.102. The van der Waals surface area contributed by atoms with Crippen molar-refractivity contribution in [1.82, 2.24) is 15.0 Å². The van der Waals surface area contributed by atoms with E-state index in [0.717, 1.165) is 0 Å². The summed E-state index contributed by atoms with van der Waals surface area (Å²) in [5.74, 6) is -0.431. The maximum atomic E-state index is 12.0. The Hall–Kier alpha value is -2.43. The van der Waals surface area contributed by atoms with E-state index in [2.05, 4.69) is 15.6 Å². The van der Waals surface area contributed by atoms with Crippen LogP contribution in [0.4, 0.5) is 5.69 Å². The van der Waals surface area contributed by atoms with Crippen molar-refractivity contribution in [2.45, 2.75) is 6.54 Å². The molecule has 1 aromatic heterocycles. The maximum absolute atomic E-state index is 12.0. The number of nitrogens with zero attached hydrogens (tertiary/aromatic N) is 4. The number of halogens is 1. The van der Waals surface area contributed by atoms with Crippen molar-refractivity contribution in [3.8, 4) is 6.07 Å². The Labute approximate surface area is 119 Å². The number of nitrogens with two attached hydrogens (primary N) is 1. The lowest BCUT2D eigenvalue weighted by Gasteiger charge is -2.05. The Morgan fingerprint density at radius 3 is 3.00 bits per heavy atom. The number of anilines is 1. The molecule has 102 valence electrons. The number of nitriles is 1. The summed E-state index contributed by atoms with van der Waals surface area (Å²) < 4.78 is 1.48. The Morgan fingerprint density at radius 1 is 1.55 bits per heavy atom. The molecule has 2 aromatic rings. The van der Waals surface area contributed by atoms with Gasteiger partial charge in [0.2, 0.25) is 0 Å². The van der Waals surface area contributed by atoms with E-state index in [1.54, 1.807) is 12.1 Å². The summed E-state index contributed by atoms with van der Waals surface area (Å²) in [6, 6.07) is 6.56. The van der Waals surface area contributed by atoms with Crippen LogP contribution in [-0.2, 0) is 6.54 Å². The van der Waals surface area contributed by atoms with Gasteiger partial charge in [0.25, 0.3) is 5.91 Å². The van der Waals surface area contributed by atoms with Crippen LogP contribution in [0.2, 0.25) is 5.02 Å². The van der Waals surface area contributed by atoms with Crippen molar-refractivity contribution >= 4 is 23.2 Å². The van der Waals surface area contributed by atoms with Crippen molar-refractivity contribution in [2.75, 3.05) is 11.9 Å². The molecule has 7 nitrogen and oxygen atoms in total. The van der Waals surface area contributed by atoms with Gasteiger partial charge in [0.1, 0.15) is 0 Å². The summed E-state index contributed by atoms with van der Waals surface area (Å²) in [4.78, 5) is 12.0. The number of carbonyl (C=O) groups is 1. The first kappa shape index (κ1) is 14.0. The van der Waals surface area contributed by atoms with E-state index in [9.17, 15) is 4.79 Å². The van der Waals surface area contributed by atoms with Crippen molar-refractivity contribution in [3.05, 3.63) is 40.7 Å². The minimum Gasteiger partial charge on any atom is -0.329 e. The summed E-state index contributed by atoms with van der Waals surface area (Å²) in [5, 5.41) is 19.1. The molecular weight excluding hydrogens is 280 g/mol. The lowest BCUT2D eigenvalue weighted by atomic mass is 10.2. The number of aromatic nitrogens is 3. The molecule has 0 spiro atoms. The lowest BCUT2D eigenvalue weighted by Crippen LogP contribution is -2.13. The first-order valence-electron chi connectivity index (χ1n) is 5.75. The monoisotopic (exact) mass is 290 g/mol. The molecule has 0 unspecified atom stereocenters. The summed E-state index contributed by atoms with van der Waals surface area (Å²) in [6.07, 6.45) is 1.50. The van der Waals surface area contributed by atoms with Crippen molar-refractivity contribution < 1.29 is 4.79 Å². The van der Waals surface area contributed by atoms with Crippen LogP contribution >= 0.6 is 11.6 Å². The molecule has 1 heterocycles. The van der Waals surface area contributed by atoms with Gasteiger partial charge in [0.15, 0.2) is 5.69 Å². The zero-order valence-corrected chi connectivity index (χ0v) is 11.1. The van der Waals surface area contributed by atoms with E-state index in [-0.39, 0.29) is 10.7 Å². The number of benzene rings is 1. The molecule has 8 heteroatoms. The van der Waals surface area contributed by atoms with Gasteiger partial charge in [0.05, 0.1) is 35.1 Å². The van der Waals surface area contributed by atoms with Crippen LogP contribution in [-0.4, -0.2) is 27.4 Å². The summed E-state index contributed by atoms with van der Waals surface area (Å²) in [6.45, 7) is 0.893. The highest BCUT2D eigenvalue weighted by Crippen LogP contribution is 2.23. The molecule has 0 aliphatic carbocycles. The van der Waals surface area contributed by atoms with Crippen LogP contribution in [0, 0.1) is 11.3 Å². The number of hydrogen-bond donors (Lipinski definition) is 2. The highest BCUT2D eigenvalue weighted by atomic mass is 35.5. The Balaban J connectivity index is 2.13. The van der Waals surface area contributed by atoms with Crippen molar-refractivity contribution in [1.29, 1.82) is 5.26 Å². The Morgan fingerprint density at radius 2 is 2.35 bits per heavy atom. The second kappa shape index (κ2) is 6.14. The van der Waals surface area contributed by atoms with Crippen LogP contribution < -0.4 is 11.1 Å². The third-order valence-electron chi connectivity index (χ3n) is 2.48. The van der Waals surface area contributed by atoms with Gasteiger partial charge in [-0.25, -0.2) is 0 Å². The predicted molar refractivity (Wildman–Crippen MR) is 73.2 cm³/mol. The van der Waals surface area contributed by atoms with Crippen molar-refractivity contribution in [3.63, 3.8) is 0 Å². The van der Waals surface area contributed by atoms with E-state index in [4.69, 9.17) is 22.6 Å². The molecule has 1 aromatic carbocycles. The number of amides is 1. The van der Waals surface area contributed by atoms with E-state index in [1.807, 2.05) is 6.07 Å². The molecule has 0 saturated heterocycles. The van der Waals surface area contributed by atoms with Gasteiger partial charge in [-0.1, -0.05) is 16.8 Å². The van der Waals surface area contributed by atoms with Gasteiger partial charge in [-0.15, -0.1) is 5.10 Å². The molecule has 1 amide bonds. The van der Waals surface area contributed by atoms with Crippen LogP contribution in [0.1, 0.15) is 16.1 Å². The predicted octanol–water partition coefficient (Wildman–Crippen LogP) is 1.01. The minimum absolute atomic E-state index is 0.166. The summed E-state index contributed by atoms with van der Waals surface area (Å²) in [5.41, 5.74) is 6.37.